The number of rotatable bonds is 4. The molecule has 10 nitrogen and oxygen atoms in total. The smallest absolute Gasteiger partial charge is 0.416 e. The molecule has 0 saturated carbocycles. The summed E-state index contributed by atoms with van der Waals surface area (Å²) in [7, 11) is 0. The monoisotopic (exact) mass is 485 g/mol. The normalized spacial score (nSPS) is 13.5. The van der Waals surface area contributed by atoms with Gasteiger partial charge in [-0.15, -0.1) is 5.10 Å². The van der Waals surface area contributed by atoms with E-state index in [1.807, 2.05) is 0 Å². The van der Waals surface area contributed by atoms with Crippen molar-refractivity contribution in [1.29, 1.82) is 0 Å². The van der Waals surface area contributed by atoms with E-state index in [4.69, 9.17) is 4.74 Å². The molecule has 0 aliphatic carbocycles. The number of aromatic nitrogens is 5. The minimum atomic E-state index is -4.48. The topological polar surface area (TPSA) is 129 Å². The lowest BCUT2D eigenvalue weighted by molar-refractivity contribution is -0.137. The van der Waals surface area contributed by atoms with Crippen LogP contribution in [0.3, 0.4) is 0 Å². The first-order valence-electron chi connectivity index (χ1n) is 10.5. The molecule has 1 aliphatic rings. The SMILES string of the molecule is O=C(Nc1ccc2[nH]nnc2c1)c1[nH]nc2c1CCN(C(=O)OCc1cccc(C(F)(F)F)c1)C2. The Bertz CT molecular complexity index is 1410. The standard InChI is InChI=1S/C22H18F3N7O3/c23-22(24,25)13-3-1-2-12(8-13)11-35-21(34)32-7-6-15-18(10-32)27-30-19(15)20(33)26-14-4-5-16-17(9-14)29-31-28-16/h1-5,8-9H,6-7,10-11H2,(H,26,33)(H,27,30)(H,28,29,31). The molecule has 2 aromatic heterocycles. The van der Waals surface area contributed by atoms with Crippen molar-refractivity contribution >= 4 is 28.7 Å². The fourth-order valence-electron chi connectivity index (χ4n) is 3.84. The van der Waals surface area contributed by atoms with Gasteiger partial charge in [0.1, 0.15) is 17.8 Å². The Morgan fingerprint density at radius 3 is 2.83 bits per heavy atom. The summed E-state index contributed by atoms with van der Waals surface area (Å²) < 4.78 is 43.8. The minimum Gasteiger partial charge on any atom is -0.445 e. The van der Waals surface area contributed by atoms with E-state index in [0.717, 1.165) is 17.6 Å². The lowest BCUT2D eigenvalue weighted by Gasteiger charge is -2.25. The summed E-state index contributed by atoms with van der Waals surface area (Å²) in [6.45, 7) is 0.0702. The Balaban J connectivity index is 1.21. The molecule has 35 heavy (non-hydrogen) atoms. The van der Waals surface area contributed by atoms with Gasteiger partial charge in [0.25, 0.3) is 5.91 Å². The molecule has 0 radical (unpaired) electrons. The van der Waals surface area contributed by atoms with Crippen molar-refractivity contribution in [1.82, 2.24) is 30.5 Å². The van der Waals surface area contributed by atoms with E-state index in [1.165, 1.54) is 17.0 Å². The van der Waals surface area contributed by atoms with Gasteiger partial charge in [-0.3, -0.25) is 15.0 Å². The highest BCUT2D eigenvalue weighted by molar-refractivity contribution is 6.04. The van der Waals surface area contributed by atoms with Crippen LogP contribution in [0.5, 0.6) is 0 Å². The molecular weight excluding hydrogens is 467 g/mol. The number of H-pyrrole nitrogens is 2. The summed E-state index contributed by atoms with van der Waals surface area (Å²) in [4.78, 5) is 26.6. The molecule has 3 heterocycles. The number of anilines is 1. The molecule has 3 N–H and O–H groups in total. The molecule has 4 aromatic rings. The van der Waals surface area contributed by atoms with Crippen LogP contribution in [0, 0.1) is 0 Å². The van der Waals surface area contributed by atoms with Gasteiger partial charge in [0.2, 0.25) is 0 Å². The van der Waals surface area contributed by atoms with Crippen LogP contribution in [0.2, 0.25) is 0 Å². The zero-order valence-corrected chi connectivity index (χ0v) is 18.0. The van der Waals surface area contributed by atoms with E-state index in [2.05, 4.69) is 30.9 Å². The van der Waals surface area contributed by atoms with Crippen LogP contribution in [-0.2, 0) is 30.5 Å². The molecule has 5 rings (SSSR count). The van der Waals surface area contributed by atoms with Gasteiger partial charge >= 0.3 is 12.3 Å². The number of nitrogens with one attached hydrogen (secondary N) is 3. The van der Waals surface area contributed by atoms with Crippen LogP contribution in [0.15, 0.2) is 42.5 Å². The molecule has 2 amide bonds. The number of carbonyl (C=O) groups is 2. The fourth-order valence-corrected chi connectivity index (χ4v) is 3.84. The van der Waals surface area contributed by atoms with Crippen molar-refractivity contribution in [3.8, 4) is 0 Å². The summed E-state index contributed by atoms with van der Waals surface area (Å²) in [5, 5.41) is 20.0. The van der Waals surface area contributed by atoms with Crippen molar-refractivity contribution < 1.29 is 27.5 Å². The molecule has 0 fully saturated rings. The highest BCUT2D eigenvalue weighted by atomic mass is 19.4. The Labute approximate surface area is 195 Å². The largest absolute Gasteiger partial charge is 0.445 e. The van der Waals surface area contributed by atoms with E-state index in [-0.39, 0.29) is 36.9 Å². The van der Waals surface area contributed by atoms with E-state index in [0.29, 0.717) is 28.9 Å². The number of amides is 2. The first-order valence-corrected chi connectivity index (χ1v) is 10.5. The number of benzene rings is 2. The number of ether oxygens (including phenoxy) is 1. The van der Waals surface area contributed by atoms with E-state index < -0.39 is 17.8 Å². The second kappa shape index (κ2) is 8.74. The van der Waals surface area contributed by atoms with Gasteiger partial charge in [0.15, 0.2) is 0 Å². The molecule has 1 aliphatic heterocycles. The summed E-state index contributed by atoms with van der Waals surface area (Å²) >= 11 is 0. The van der Waals surface area contributed by atoms with Crippen LogP contribution >= 0.6 is 0 Å². The molecule has 180 valence electrons. The van der Waals surface area contributed by atoms with Crippen LogP contribution in [0.4, 0.5) is 23.7 Å². The summed E-state index contributed by atoms with van der Waals surface area (Å²) in [6, 6.07) is 9.76. The Hall–Kier alpha value is -4.42. The van der Waals surface area contributed by atoms with E-state index in [9.17, 15) is 22.8 Å². The number of alkyl halides is 3. The number of fused-ring (bicyclic) bond motifs is 2. The van der Waals surface area contributed by atoms with Gasteiger partial charge in [-0.05, 0) is 42.3 Å². The first kappa shape index (κ1) is 22.4. The van der Waals surface area contributed by atoms with Crippen LogP contribution in [0.25, 0.3) is 11.0 Å². The van der Waals surface area contributed by atoms with E-state index in [1.54, 1.807) is 18.2 Å². The average Bonchev–Trinajstić information content (AvgIpc) is 3.48. The minimum absolute atomic E-state index is 0.103. The van der Waals surface area contributed by atoms with E-state index >= 15 is 0 Å². The zero-order valence-electron chi connectivity index (χ0n) is 18.0. The van der Waals surface area contributed by atoms with Gasteiger partial charge in [-0.2, -0.15) is 18.3 Å². The molecule has 0 saturated heterocycles. The zero-order chi connectivity index (χ0) is 24.6. The molecule has 0 atom stereocenters. The maximum atomic E-state index is 12.9. The second-order valence-corrected chi connectivity index (χ2v) is 7.95. The van der Waals surface area contributed by atoms with Gasteiger partial charge in [-0.1, -0.05) is 17.3 Å². The molecule has 0 bridgehead atoms. The molecule has 0 unspecified atom stereocenters. The van der Waals surface area contributed by atoms with Crippen molar-refractivity contribution in [2.45, 2.75) is 25.7 Å². The van der Waals surface area contributed by atoms with Gasteiger partial charge in [0.05, 0.1) is 23.3 Å². The third-order valence-corrected chi connectivity index (χ3v) is 5.61. The predicted octanol–water partition coefficient (Wildman–Crippen LogP) is 3.65. The highest BCUT2D eigenvalue weighted by Gasteiger charge is 2.31. The highest BCUT2D eigenvalue weighted by Crippen LogP contribution is 2.30. The Morgan fingerprint density at radius 2 is 2.00 bits per heavy atom. The Morgan fingerprint density at radius 1 is 1.14 bits per heavy atom. The number of carbonyl (C=O) groups excluding carboxylic acids is 2. The van der Waals surface area contributed by atoms with Crippen molar-refractivity contribution in [2.24, 2.45) is 0 Å². The Kier molecular flexibility index (Phi) is 5.59. The third-order valence-electron chi connectivity index (χ3n) is 5.61. The van der Waals surface area contributed by atoms with Crippen molar-refractivity contribution in [2.75, 3.05) is 11.9 Å². The molecule has 0 spiro atoms. The number of aromatic amines is 2. The lowest BCUT2D eigenvalue weighted by Crippen LogP contribution is -2.36. The summed E-state index contributed by atoms with van der Waals surface area (Å²) in [5.41, 5.74) is 2.80. The predicted molar refractivity (Wildman–Crippen MR) is 116 cm³/mol. The number of halogens is 3. The average molecular weight is 485 g/mol. The first-order chi connectivity index (χ1) is 16.8. The third kappa shape index (κ3) is 4.65. The number of hydrogen-bond acceptors (Lipinski definition) is 6. The van der Waals surface area contributed by atoms with Gasteiger partial charge in [0, 0.05) is 17.8 Å². The van der Waals surface area contributed by atoms with Crippen molar-refractivity contribution in [3.63, 3.8) is 0 Å². The molecule has 2 aromatic carbocycles. The quantitative estimate of drug-likeness (QED) is 0.405. The van der Waals surface area contributed by atoms with Crippen LogP contribution in [-0.4, -0.2) is 49.1 Å². The maximum absolute atomic E-state index is 12.9. The fraction of sp³-hybridized carbons (Fsp3) is 0.227. The molecule has 13 heteroatoms. The summed E-state index contributed by atoms with van der Waals surface area (Å²) in [5.74, 6) is -0.387. The summed E-state index contributed by atoms with van der Waals surface area (Å²) in [6.07, 6.45) is -4.80. The van der Waals surface area contributed by atoms with Crippen LogP contribution in [0.1, 0.15) is 32.9 Å². The van der Waals surface area contributed by atoms with Crippen LogP contribution < -0.4 is 5.32 Å². The van der Waals surface area contributed by atoms with Gasteiger partial charge in [-0.25, -0.2) is 4.79 Å². The van der Waals surface area contributed by atoms with Gasteiger partial charge < -0.3 is 15.0 Å². The maximum Gasteiger partial charge on any atom is 0.416 e. The number of nitrogens with zero attached hydrogens (tertiary/aromatic N) is 4. The number of hydrogen-bond donors (Lipinski definition) is 3. The van der Waals surface area contributed by atoms with Crippen molar-refractivity contribution in [3.05, 3.63) is 70.5 Å². The second-order valence-electron chi connectivity index (χ2n) is 7.95. The molecular formula is C22H18F3N7O3. The lowest BCUT2D eigenvalue weighted by atomic mass is 10.0.